The SMILES string of the molecule is C=C1CC(CCCOC(=O)C(C)(C)C)O[C@H]1CC[C@@H](O)C[C@@H](C)C(=C)[C@@H](C[C@@H]1O[C@H](C[C@@H](CO[Si](C)(C)C(C)(C)C)O[Si](C)(C)C(C)(C)C)[C@H](OC)[C@H]1CS(=O)(=O)c1ccccc1)OC(C)=O. The van der Waals surface area contributed by atoms with Crippen LogP contribution in [0.15, 0.2) is 59.5 Å². The number of methoxy groups -OCH3 is 1. The lowest BCUT2D eigenvalue weighted by atomic mass is 9.86. The molecule has 0 amide bonds. The minimum atomic E-state index is -3.81. The first-order chi connectivity index (χ1) is 30.7. The number of benzene rings is 1. The molecule has 12 nitrogen and oxygen atoms in total. The number of aliphatic hydroxyl groups is 1. The van der Waals surface area contributed by atoms with Crippen LogP contribution in [-0.4, -0.2) is 117 Å². The standard InChI is InChI=1S/C52H90O12SSi2/c1-35(29-39(54)26-27-44-36(2)30-40(62-44)23-22-28-59-49(55)50(5,6)7)37(3)45(61-38(4)53)32-46-43(34-65(56,57)42-24-20-19-21-25-42)48(58-14)47(63-46)31-41(64-67(17,18)52(11,12)13)33-60-66(15,16)51(8,9)10/h19-21,24-25,35,39-41,43-48,54H,2-3,22-23,26-34H2,1,4-18H3/t35-,39-,40?,41+,43+,44+,45-,46+,47-,48-/m1/s1. The molecule has 0 spiro atoms. The molecule has 2 aliphatic heterocycles. The van der Waals surface area contributed by atoms with Gasteiger partial charge in [-0.2, -0.15) is 0 Å². The van der Waals surface area contributed by atoms with Gasteiger partial charge in [0.25, 0.3) is 0 Å². The van der Waals surface area contributed by atoms with Crippen molar-refractivity contribution in [2.24, 2.45) is 17.3 Å². The van der Waals surface area contributed by atoms with Crippen molar-refractivity contribution in [1.29, 1.82) is 0 Å². The minimum absolute atomic E-state index is 0.0148. The first-order valence-corrected chi connectivity index (χ1v) is 32.0. The highest BCUT2D eigenvalue weighted by atomic mass is 32.2. The van der Waals surface area contributed by atoms with Gasteiger partial charge in [-0.1, -0.05) is 79.8 Å². The third-order valence-corrected chi connectivity index (χ3v) is 25.5. The second-order valence-electron chi connectivity index (χ2n) is 23.4. The number of hydrogen-bond donors (Lipinski definition) is 1. The molecule has 384 valence electrons. The van der Waals surface area contributed by atoms with Crippen LogP contribution in [-0.2, 0) is 52.0 Å². The Balaban J connectivity index is 1.82. The third-order valence-electron chi connectivity index (χ3n) is 14.6. The average Bonchev–Trinajstić information content (AvgIpc) is 3.72. The number of sulfone groups is 1. The Kier molecular flexibility index (Phi) is 21.4. The topological polar surface area (TPSA) is 153 Å². The molecular weight excluding hydrogens is 905 g/mol. The van der Waals surface area contributed by atoms with Crippen molar-refractivity contribution < 1.29 is 55.6 Å². The van der Waals surface area contributed by atoms with Gasteiger partial charge in [-0.15, -0.1) is 0 Å². The van der Waals surface area contributed by atoms with E-state index in [1.807, 2.05) is 27.7 Å². The fraction of sp³-hybridized carbons (Fsp3) is 0.769. The fourth-order valence-electron chi connectivity index (χ4n) is 8.30. The van der Waals surface area contributed by atoms with Crippen LogP contribution in [0.25, 0.3) is 0 Å². The summed E-state index contributed by atoms with van der Waals surface area (Å²) in [6.07, 6.45) is 0.161. The zero-order chi connectivity index (χ0) is 50.9. The second-order valence-corrected chi connectivity index (χ2v) is 35.0. The number of carbonyl (C=O) groups is 2. The Morgan fingerprint density at radius 3 is 2.07 bits per heavy atom. The Labute approximate surface area is 407 Å². The van der Waals surface area contributed by atoms with Crippen LogP contribution in [0.2, 0.25) is 36.3 Å². The number of esters is 2. The van der Waals surface area contributed by atoms with Gasteiger partial charge in [-0.05, 0) is 125 Å². The molecular formula is C52H90O12SSi2. The van der Waals surface area contributed by atoms with Crippen LogP contribution in [0.1, 0.15) is 128 Å². The Bertz CT molecular complexity index is 1880. The van der Waals surface area contributed by atoms with Crippen molar-refractivity contribution in [3.8, 4) is 0 Å². The molecule has 2 aliphatic rings. The van der Waals surface area contributed by atoms with E-state index >= 15 is 0 Å². The van der Waals surface area contributed by atoms with E-state index in [9.17, 15) is 23.1 Å². The lowest BCUT2D eigenvalue weighted by Crippen LogP contribution is -2.49. The van der Waals surface area contributed by atoms with Crippen LogP contribution >= 0.6 is 0 Å². The number of rotatable bonds is 25. The summed E-state index contributed by atoms with van der Waals surface area (Å²) in [5.74, 6) is -1.88. The van der Waals surface area contributed by atoms with Crippen molar-refractivity contribution in [2.75, 3.05) is 26.1 Å². The minimum Gasteiger partial charge on any atom is -0.465 e. The normalized spacial score (nSPS) is 24.0. The monoisotopic (exact) mass is 995 g/mol. The molecule has 1 N–H and O–H groups in total. The van der Waals surface area contributed by atoms with Crippen molar-refractivity contribution in [3.63, 3.8) is 0 Å². The summed E-state index contributed by atoms with van der Waals surface area (Å²) in [4.78, 5) is 25.1. The Morgan fingerprint density at radius 1 is 0.910 bits per heavy atom. The first-order valence-electron chi connectivity index (χ1n) is 24.5. The lowest BCUT2D eigenvalue weighted by molar-refractivity contribution is -0.153. The highest BCUT2D eigenvalue weighted by Crippen LogP contribution is 2.43. The van der Waals surface area contributed by atoms with Gasteiger partial charge in [-0.3, -0.25) is 9.59 Å². The quantitative estimate of drug-likeness (QED) is 0.0429. The molecule has 2 saturated heterocycles. The molecule has 0 radical (unpaired) electrons. The average molecular weight is 996 g/mol. The van der Waals surface area contributed by atoms with E-state index in [0.717, 1.165) is 18.4 Å². The summed E-state index contributed by atoms with van der Waals surface area (Å²) >= 11 is 0. The van der Waals surface area contributed by atoms with Gasteiger partial charge in [-0.25, -0.2) is 8.42 Å². The van der Waals surface area contributed by atoms with E-state index < -0.39 is 74.3 Å². The summed E-state index contributed by atoms with van der Waals surface area (Å²) in [5, 5.41) is 11.2. The molecule has 0 aliphatic carbocycles. The Morgan fingerprint density at radius 2 is 1.52 bits per heavy atom. The molecule has 3 rings (SSSR count). The number of carbonyl (C=O) groups excluding carboxylic acids is 2. The fourth-order valence-corrected chi connectivity index (χ4v) is 12.4. The zero-order valence-corrected chi connectivity index (χ0v) is 47.0. The van der Waals surface area contributed by atoms with Gasteiger partial charge in [0.1, 0.15) is 6.10 Å². The van der Waals surface area contributed by atoms with Crippen LogP contribution < -0.4 is 0 Å². The van der Waals surface area contributed by atoms with E-state index in [-0.39, 0.29) is 57.3 Å². The Hall–Kier alpha value is -2.22. The van der Waals surface area contributed by atoms with Crippen LogP contribution in [0.5, 0.6) is 0 Å². The smallest absolute Gasteiger partial charge is 0.311 e. The third kappa shape index (κ3) is 17.6. The molecule has 0 aromatic heterocycles. The maximum atomic E-state index is 14.2. The summed E-state index contributed by atoms with van der Waals surface area (Å²) in [6.45, 7) is 40.3. The van der Waals surface area contributed by atoms with Crippen molar-refractivity contribution in [3.05, 3.63) is 54.6 Å². The lowest BCUT2D eigenvalue weighted by Gasteiger charge is -2.42. The van der Waals surface area contributed by atoms with E-state index in [4.69, 9.17) is 32.5 Å². The predicted octanol–water partition coefficient (Wildman–Crippen LogP) is 10.8. The molecule has 2 fully saturated rings. The van der Waals surface area contributed by atoms with Crippen molar-refractivity contribution in [2.45, 2.75) is 218 Å². The van der Waals surface area contributed by atoms with Gasteiger partial charge < -0.3 is 37.6 Å². The van der Waals surface area contributed by atoms with Gasteiger partial charge >= 0.3 is 11.9 Å². The van der Waals surface area contributed by atoms with Crippen LogP contribution in [0, 0.1) is 17.3 Å². The maximum absolute atomic E-state index is 14.2. The van der Waals surface area contributed by atoms with Gasteiger partial charge in [0.2, 0.25) is 0 Å². The summed E-state index contributed by atoms with van der Waals surface area (Å²) in [7, 11) is -6.73. The zero-order valence-electron chi connectivity index (χ0n) is 44.2. The molecule has 67 heavy (non-hydrogen) atoms. The number of hydrogen-bond acceptors (Lipinski definition) is 12. The van der Waals surface area contributed by atoms with Crippen molar-refractivity contribution in [1.82, 2.24) is 0 Å². The highest BCUT2D eigenvalue weighted by Gasteiger charge is 2.50. The van der Waals surface area contributed by atoms with Gasteiger partial charge in [0.15, 0.2) is 26.5 Å². The van der Waals surface area contributed by atoms with Crippen LogP contribution in [0.3, 0.4) is 0 Å². The molecule has 15 heteroatoms. The molecule has 1 aromatic carbocycles. The summed E-state index contributed by atoms with van der Waals surface area (Å²) in [6, 6.07) is 8.39. The van der Waals surface area contributed by atoms with E-state index in [2.05, 4.69) is 80.9 Å². The molecule has 2 heterocycles. The molecule has 1 aromatic rings. The number of ether oxygens (including phenoxy) is 5. The van der Waals surface area contributed by atoms with Crippen molar-refractivity contribution >= 4 is 38.4 Å². The van der Waals surface area contributed by atoms with E-state index in [0.29, 0.717) is 50.9 Å². The van der Waals surface area contributed by atoms with Crippen LogP contribution in [0.4, 0.5) is 0 Å². The largest absolute Gasteiger partial charge is 0.465 e. The summed E-state index contributed by atoms with van der Waals surface area (Å²) in [5.41, 5.74) is 1.06. The second kappa shape index (κ2) is 24.3. The molecule has 1 unspecified atom stereocenters. The first kappa shape index (κ1) is 59.1. The highest BCUT2D eigenvalue weighted by molar-refractivity contribution is 7.91. The molecule has 0 saturated carbocycles. The van der Waals surface area contributed by atoms with E-state index in [1.54, 1.807) is 37.4 Å². The van der Waals surface area contributed by atoms with Gasteiger partial charge in [0.05, 0.1) is 72.0 Å². The van der Waals surface area contributed by atoms with Gasteiger partial charge in [0, 0.05) is 32.8 Å². The van der Waals surface area contributed by atoms with E-state index in [1.165, 1.54) is 6.92 Å². The number of aliphatic hydroxyl groups excluding tert-OH is 1. The summed E-state index contributed by atoms with van der Waals surface area (Å²) < 4.78 is 73.1. The maximum Gasteiger partial charge on any atom is 0.311 e. The molecule has 0 bridgehead atoms. The molecule has 10 atom stereocenters. The predicted molar refractivity (Wildman–Crippen MR) is 272 cm³/mol.